The lowest BCUT2D eigenvalue weighted by atomic mass is 9.52. The fourth-order valence-corrected chi connectivity index (χ4v) is 6.63. The smallest absolute Gasteiger partial charge is 0.235 e. The summed E-state index contributed by atoms with van der Waals surface area (Å²) in [5.74, 6) is -10.3. The first-order valence-corrected chi connectivity index (χ1v) is 12.0. The number of morpholine rings is 1. The van der Waals surface area contributed by atoms with Crippen molar-refractivity contribution >= 4 is 34.7 Å². The standard InChI is InChI=1S/C25H29N3O8/c1-27(2)18-13-10-12-9-11-3-4-14(28-5-7-36-8-6-28)19(29)15(11)20(30)16(12)22(32)25(13,35)23(33)17(21(18)31)24(26)34/h3-4,12-13,16-18,29,35H,5-10H2,1-2H3,(H2,26,34)/t12-,13-,16?,17?,18-,25-/m0/s1. The van der Waals surface area contributed by atoms with Crippen LogP contribution in [0.4, 0.5) is 5.69 Å². The minimum atomic E-state index is -2.71. The number of fused-ring (bicyclic) bond motifs is 3. The van der Waals surface area contributed by atoms with Crippen molar-refractivity contribution in [2.45, 2.75) is 24.5 Å². The number of amides is 1. The molecule has 3 aliphatic carbocycles. The van der Waals surface area contributed by atoms with Crippen molar-refractivity contribution in [2.24, 2.45) is 29.4 Å². The van der Waals surface area contributed by atoms with Crippen LogP contribution in [0, 0.1) is 23.7 Å². The Morgan fingerprint density at radius 1 is 1.14 bits per heavy atom. The SMILES string of the molecule is CN(C)[C@@H]1C(=O)C(C(N)=O)C(=O)[C@@]2(O)C(=O)C3C(=O)c4c(ccc(N5CCOCC5)c4O)C[C@H]3C[C@@H]12. The van der Waals surface area contributed by atoms with E-state index in [0.717, 1.165) is 0 Å². The molecular weight excluding hydrogens is 470 g/mol. The Labute approximate surface area is 207 Å². The lowest BCUT2D eigenvalue weighted by Gasteiger charge is -2.52. The Kier molecular flexibility index (Phi) is 5.77. The number of hydrogen-bond acceptors (Lipinski definition) is 10. The molecule has 3 fully saturated rings. The van der Waals surface area contributed by atoms with Gasteiger partial charge in [-0.05, 0) is 44.5 Å². The van der Waals surface area contributed by atoms with Crippen molar-refractivity contribution < 1.29 is 38.9 Å². The number of nitrogens with zero attached hydrogens (tertiary/aromatic N) is 2. The maximum Gasteiger partial charge on any atom is 0.235 e. The lowest BCUT2D eigenvalue weighted by Crippen LogP contribution is -2.74. The van der Waals surface area contributed by atoms with Gasteiger partial charge < -0.3 is 25.6 Å². The van der Waals surface area contributed by atoms with Crippen LogP contribution in [0.15, 0.2) is 12.1 Å². The number of benzene rings is 1. The Morgan fingerprint density at radius 2 is 1.81 bits per heavy atom. The summed E-state index contributed by atoms with van der Waals surface area (Å²) in [5.41, 5.74) is 3.64. The van der Waals surface area contributed by atoms with Crippen LogP contribution in [0.3, 0.4) is 0 Å². The lowest BCUT2D eigenvalue weighted by molar-refractivity contribution is -0.181. The van der Waals surface area contributed by atoms with Gasteiger partial charge in [0.25, 0.3) is 0 Å². The Bertz CT molecular complexity index is 1190. The summed E-state index contributed by atoms with van der Waals surface area (Å²) >= 11 is 0. The number of primary amides is 1. The van der Waals surface area contributed by atoms with Gasteiger partial charge in [0, 0.05) is 19.0 Å². The van der Waals surface area contributed by atoms with Crippen LogP contribution < -0.4 is 10.6 Å². The largest absolute Gasteiger partial charge is 0.505 e. The molecule has 1 saturated heterocycles. The van der Waals surface area contributed by atoms with Crippen LogP contribution in [-0.4, -0.2) is 96.2 Å². The predicted molar refractivity (Wildman–Crippen MR) is 124 cm³/mol. The molecule has 36 heavy (non-hydrogen) atoms. The molecule has 0 spiro atoms. The molecule has 2 unspecified atom stereocenters. The number of carbonyl (C=O) groups is 5. The Morgan fingerprint density at radius 3 is 2.42 bits per heavy atom. The minimum Gasteiger partial charge on any atom is -0.505 e. The van der Waals surface area contributed by atoms with E-state index in [9.17, 15) is 34.2 Å². The van der Waals surface area contributed by atoms with Gasteiger partial charge in [-0.1, -0.05) is 6.07 Å². The molecule has 1 heterocycles. The average molecular weight is 500 g/mol. The highest BCUT2D eigenvalue weighted by Gasteiger charge is 2.69. The molecule has 11 heteroatoms. The average Bonchev–Trinajstić information content (AvgIpc) is 2.81. The number of aromatic hydroxyl groups is 1. The molecule has 5 rings (SSSR count). The predicted octanol–water partition coefficient (Wildman–Crippen LogP) is -1.30. The van der Waals surface area contributed by atoms with Crippen LogP contribution in [0.2, 0.25) is 0 Å². The van der Waals surface area contributed by atoms with E-state index in [4.69, 9.17) is 10.5 Å². The first-order valence-electron chi connectivity index (χ1n) is 12.0. The molecule has 1 aromatic carbocycles. The minimum absolute atomic E-state index is 0.00517. The quantitative estimate of drug-likeness (QED) is 0.425. The summed E-state index contributed by atoms with van der Waals surface area (Å²) in [5, 5.41) is 22.7. The van der Waals surface area contributed by atoms with Crippen molar-refractivity contribution in [1.82, 2.24) is 4.90 Å². The van der Waals surface area contributed by atoms with Crippen LogP contribution in [-0.2, 0) is 30.3 Å². The fourth-order valence-electron chi connectivity index (χ4n) is 6.63. The summed E-state index contributed by atoms with van der Waals surface area (Å²) in [7, 11) is 3.11. The van der Waals surface area contributed by atoms with Gasteiger partial charge in [-0.2, -0.15) is 0 Å². The van der Waals surface area contributed by atoms with Crippen LogP contribution >= 0.6 is 0 Å². The van der Waals surface area contributed by atoms with Gasteiger partial charge in [0.1, 0.15) is 5.75 Å². The van der Waals surface area contributed by atoms with Crippen LogP contribution in [0.1, 0.15) is 22.3 Å². The Hall–Kier alpha value is -3.15. The van der Waals surface area contributed by atoms with E-state index in [1.54, 1.807) is 26.2 Å². The number of phenols is 1. The number of ether oxygens (including phenoxy) is 1. The number of hydrogen-bond donors (Lipinski definition) is 3. The van der Waals surface area contributed by atoms with E-state index in [1.807, 2.05) is 4.90 Å². The van der Waals surface area contributed by atoms with Gasteiger partial charge in [-0.15, -0.1) is 0 Å². The van der Waals surface area contributed by atoms with Crippen molar-refractivity contribution in [2.75, 3.05) is 45.3 Å². The maximum absolute atomic E-state index is 13.8. The summed E-state index contributed by atoms with van der Waals surface area (Å²) in [6.07, 6.45) is 0.290. The van der Waals surface area contributed by atoms with Gasteiger partial charge in [-0.25, -0.2) is 0 Å². The van der Waals surface area contributed by atoms with E-state index in [-0.39, 0.29) is 24.2 Å². The van der Waals surface area contributed by atoms with Gasteiger partial charge in [0.2, 0.25) is 5.91 Å². The van der Waals surface area contributed by atoms with E-state index >= 15 is 0 Å². The molecule has 192 valence electrons. The molecule has 0 radical (unpaired) electrons. The molecule has 1 aliphatic heterocycles. The van der Waals surface area contributed by atoms with Crippen molar-refractivity contribution in [3.63, 3.8) is 0 Å². The third-order valence-corrected chi connectivity index (χ3v) is 8.26. The molecule has 1 amide bonds. The van der Waals surface area contributed by atoms with E-state index in [0.29, 0.717) is 37.6 Å². The second kappa shape index (κ2) is 8.46. The third-order valence-electron chi connectivity index (χ3n) is 8.26. The van der Waals surface area contributed by atoms with E-state index in [2.05, 4.69) is 0 Å². The van der Waals surface area contributed by atoms with Gasteiger partial charge in [-0.3, -0.25) is 28.9 Å². The number of rotatable bonds is 3. The third kappa shape index (κ3) is 3.26. The monoisotopic (exact) mass is 499 g/mol. The number of ketones is 4. The van der Waals surface area contributed by atoms with Gasteiger partial charge in [0.05, 0.1) is 36.4 Å². The topological polar surface area (TPSA) is 168 Å². The highest BCUT2D eigenvalue weighted by atomic mass is 16.5. The number of anilines is 1. The second-order valence-electron chi connectivity index (χ2n) is 10.4. The molecule has 11 nitrogen and oxygen atoms in total. The molecule has 1 aromatic rings. The number of carbonyl (C=O) groups excluding carboxylic acids is 5. The maximum atomic E-state index is 13.8. The summed E-state index contributed by atoms with van der Waals surface area (Å²) in [4.78, 5) is 69.3. The zero-order valence-corrected chi connectivity index (χ0v) is 20.1. The molecule has 4 aliphatic rings. The molecule has 0 bridgehead atoms. The summed E-state index contributed by atoms with van der Waals surface area (Å²) < 4.78 is 5.35. The van der Waals surface area contributed by atoms with Crippen LogP contribution in [0.5, 0.6) is 5.75 Å². The molecule has 0 aromatic heterocycles. The highest BCUT2D eigenvalue weighted by Crippen LogP contribution is 2.51. The molecule has 6 atom stereocenters. The fraction of sp³-hybridized carbons (Fsp3) is 0.560. The Balaban J connectivity index is 1.59. The number of aliphatic hydroxyl groups is 1. The van der Waals surface area contributed by atoms with E-state index in [1.165, 1.54) is 4.90 Å². The molecule has 2 saturated carbocycles. The van der Waals surface area contributed by atoms with E-state index < -0.39 is 64.4 Å². The van der Waals surface area contributed by atoms with Crippen molar-refractivity contribution in [1.29, 1.82) is 0 Å². The number of nitrogens with two attached hydrogens (primary N) is 1. The number of likely N-dealkylation sites (N-methyl/N-ethyl adjacent to an activating group) is 1. The first-order chi connectivity index (χ1) is 17.0. The van der Waals surface area contributed by atoms with Crippen molar-refractivity contribution in [3.8, 4) is 5.75 Å². The number of phenolic OH excluding ortho intramolecular Hbond substituents is 1. The zero-order chi connectivity index (χ0) is 26.1. The van der Waals surface area contributed by atoms with Crippen molar-refractivity contribution in [3.05, 3.63) is 23.3 Å². The van der Waals surface area contributed by atoms with Gasteiger partial charge >= 0.3 is 0 Å². The summed E-state index contributed by atoms with van der Waals surface area (Å²) in [6.45, 7) is 1.99. The zero-order valence-electron chi connectivity index (χ0n) is 20.1. The molecule has 4 N–H and O–H groups in total. The first kappa shape index (κ1) is 24.5. The van der Waals surface area contributed by atoms with Gasteiger partial charge in [0.15, 0.2) is 34.7 Å². The summed E-state index contributed by atoms with van der Waals surface area (Å²) in [6, 6.07) is 2.38. The normalized spacial score (nSPS) is 34.3. The number of Topliss-reactive ketones (excluding diaryl/α,β-unsaturated/α-hetero) is 4. The second-order valence-corrected chi connectivity index (χ2v) is 10.4. The highest BCUT2D eigenvalue weighted by molar-refractivity contribution is 6.32. The van der Waals surface area contributed by atoms with Crippen LogP contribution in [0.25, 0.3) is 0 Å². The molecular formula is C25H29N3O8.